The first-order valence-corrected chi connectivity index (χ1v) is 13.7. The second-order valence-corrected chi connectivity index (χ2v) is 11.4. The lowest BCUT2D eigenvalue weighted by molar-refractivity contribution is -0.185. The molecule has 0 spiro atoms. The summed E-state index contributed by atoms with van der Waals surface area (Å²) < 4.78 is 87.2. The Labute approximate surface area is 223 Å². The van der Waals surface area contributed by atoms with Gasteiger partial charge >= 0.3 is 18.3 Å². The maximum absolute atomic E-state index is 14.2. The van der Waals surface area contributed by atoms with Crippen LogP contribution in [0.25, 0.3) is 10.8 Å². The first-order chi connectivity index (χ1) is 18.4. The van der Waals surface area contributed by atoms with Gasteiger partial charge in [-0.2, -0.15) is 26.3 Å². The van der Waals surface area contributed by atoms with E-state index in [1.54, 1.807) is 18.2 Å². The third-order valence-electron chi connectivity index (χ3n) is 8.98. The zero-order valence-corrected chi connectivity index (χ0v) is 21.5. The fourth-order valence-electron chi connectivity index (χ4n) is 6.97. The van der Waals surface area contributed by atoms with Gasteiger partial charge in [-0.15, -0.1) is 0 Å². The first-order valence-electron chi connectivity index (χ1n) is 13.7. The van der Waals surface area contributed by atoms with E-state index in [0.29, 0.717) is 30.8 Å². The maximum Gasteiger partial charge on any atom is 0.420 e. The van der Waals surface area contributed by atoms with Crippen LogP contribution in [-0.4, -0.2) is 41.3 Å². The number of carboxylic acid groups (broad SMARTS) is 1. The molecule has 2 saturated carbocycles. The van der Waals surface area contributed by atoms with Gasteiger partial charge in [-0.1, -0.05) is 31.0 Å². The lowest BCUT2D eigenvalue weighted by Crippen LogP contribution is -2.46. The molecule has 1 N–H and O–H groups in total. The van der Waals surface area contributed by atoms with Gasteiger partial charge in [-0.3, -0.25) is 9.69 Å². The molecule has 2 aromatic carbocycles. The number of alkyl halides is 6. The van der Waals surface area contributed by atoms with E-state index < -0.39 is 35.9 Å². The third kappa shape index (κ3) is 6.15. The van der Waals surface area contributed by atoms with Crippen LogP contribution in [-0.2, 0) is 17.5 Å². The van der Waals surface area contributed by atoms with E-state index in [2.05, 4.69) is 4.90 Å². The summed E-state index contributed by atoms with van der Waals surface area (Å²) in [5.74, 6) is -2.38. The van der Waals surface area contributed by atoms with Gasteiger partial charge in [-0.05, 0) is 85.4 Å². The van der Waals surface area contributed by atoms with Crippen molar-refractivity contribution in [2.24, 2.45) is 23.7 Å². The molecule has 1 heterocycles. The van der Waals surface area contributed by atoms with Crippen LogP contribution in [0, 0.1) is 23.7 Å². The van der Waals surface area contributed by atoms with E-state index in [1.165, 1.54) is 12.1 Å². The van der Waals surface area contributed by atoms with Gasteiger partial charge in [0, 0.05) is 13.1 Å². The zero-order valence-electron chi connectivity index (χ0n) is 21.5. The molecule has 1 aliphatic heterocycles. The van der Waals surface area contributed by atoms with Crippen molar-refractivity contribution in [1.29, 1.82) is 0 Å². The summed E-state index contributed by atoms with van der Waals surface area (Å²) in [6, 6.07) is 7.67. The molecular formula is C29H33F6NO3. The average molecular weight is 558 g/mol. The summed E-state index contributed by atoms with van der Waals surface area (Å²) >= 11 is 0. The molecule has 0 aromatic heterocycles. The Morgan fingerprint density at radius 3 is 2.36 bits per heavy atom. The van der Waals surface area contributed by atoms with Crippen LogP contribution in [0.1, 0.15) is 62.5 Å². The van der Waals surface area contributed by atoms with Crippen molar-refractivity contribution in [1.82, 2.24) is 4.90 Å². The van der Waals surface area contributed by atoms with Crippen molar-refractivity contribution >= 4 is 16.7 Å². The molecule has 10 heteroatoms. The van der Waals surface area contributed by atoms with E-state index in [1.807, 2.05) is 0 Å². The highest BCUT2D eigenvalue weighted by Crippen LogP contribution is 2.45. The minimum Gasteiger partial charge on any atom is -0.490 e. The number of ether oxygens (including phenoxy) is 1. The molecule has 39 heavy (non-hydrogen) atoms. The summed E-state index contributed by atoms with van der Waals surface area (Å²) in [5, 5.41) is 10.1. The number of hydrogen-bond acceptors (Lipinski definition) is 3. The number of carboxylic acids is 1. The molecule has 0 radical (unpaired) electrons. The molecule has 1 saturated heterocycles. The largest absolute Gasteiger partial charge is 0.490 e. The number of aliphatic carboxylic acids is 1. The fourth-order valence-corrected chi connectivity index (χ4v) is 6.97. The molecule has 3 atom stereocenters. The third-order valence-corrected chi connectivity index (χ3v) is 8.98. The number of nitrogens with zero attached hydrogens (tertiary/aromatic N) is 1. The highest BCUT2D eigenvalue weighted by atomic mass is 19.4. The summed E-state index contributed by atoms with van der Waals surface area (Å²) in [6.45, 7) is 2.01. The Hall–Kier alpha value is -2.49. The minimum absolute atomic E-state index is 0.00958. The summed E-state index contributed by atoms with van der Waals surface area (Å²) in [4.78, 5) is 14.0. The smallest absolute Gasteiger partial charge is 0.420 e. The highest BCUT2D eigenvalue weighted by Gasteiger charge is 2.43. The molecule has 2 aromatic rings. The van der Waals surface area contributed by atoms with Gasteiger partial charge in [-0.25, -0.2) is 0 Å². The molecule has 0 amide bonds. The van der Waals surface area contributed by atoms with Crippen LogP contribution in [0.2, 0.25) is 0 Å². The van der Waals surface area contributed by atoms with Crippen LogP contribution in [0.4, 0.5) is 26.3 Å². The molecule has 214 valence electrons. The quantitative estimate of drug-likeness (QED) is 0.383. The normalized spacial score (nSPS) is 28.7. The van der Waals surface area contributed by atoms with Crippen LogP contribution in [0.15, 0.2) is 30.3 Å². The Kier molecular flexibility index (Phi) is 7.79. The van der Waals surface area contributed by atoms with Gasteiger partial charge in [0.05, 0.1) is 17.9 Å². The Bertz CT molecular complexity index is 1190. The summed E-state index contributed by atoms with van der Waals surface area (Å²) in [5.41, 5.74) is -0.0623. The number of rotatable bonds is 5. The molecule has 0 bridgehead atoms. The van der Waals surface area contributed by atoms with E-state index in [4.69, 9.17) is 4.74 Å². The number of piperidine rings is 1. The van der Waals surface area contributed by atoms with Gasteiger partial charge in [0.25, 0.3) is 0 Å². The second-order valence-electron chi connectivity index (χ2n) is 11.4. The van der Waals surface area contributed by atoms with Gasteiger partial charge in [0.2, 0.25) is 0 Å². The minimum atomic E-state index is -4.70. The Morgan fingerprint density at radius 1 is 0.949 bits per heavy atom. The number of hydrogen-bond donors (Lipinski definition) is 1. The molecule has 3 unspecified atom stereocenters. The van der Waals surface area contributed by atoms with Crippen LogP contribution < -0.4 is 4.74 Å². The number of carbonyl (C=O) groups is 1. The van der Waals surface area contributed by atoms with Gasteiger partial charge < -0.3 is 9.84 Å². The predicted molar refractivity (Wildman–Crippen MR) is 133 cm³/mol. The molecule has 5 rings (SSSR count). The van der Waals surface area contributed by atoms with Crippen molar-refractivity contribution in [3.63, 3.8) is 0 Å². The van der Waals surface area contributed by atoms with E-state index in [-0.39, 0.29) is 48.7 Å². The standard InChI is InChI=1S/C29H33F6NO3/c30-28(31,32)20-6-8-21(9-7-20)39-25-11-5-19-14-17(4-10-22(19)26(25)29(33,34)35)15-36-13-12-18-2-1-3-23(27(37)38)24(18)16-36/h4-5,10-11,14,18,20-21,23-24H,1-3,6-9,12-13,15-16H2,(H,37,38)/t18?,20-,21+,23?,24?. The Morgan fingerprint density at radius 2 is 1.69 bits per heavy atom. The Balaban J connectivity index is 1.32. The van der Waals surface area contributed by atoms with Crippen LogP contribution in [0.3, 0.4) is 0 Å². The monoisotopic (exact) mass is 557 g/mol. The van der Waals surface area contributed by atoms with Gasteiger partial charge in [0.1, 0.15) is 11.3 Å². The summed E-state index contributed by atoms with van der Waals surface area (Å²) in [6.07, 6.45) is -6.30. The van der Waals surface area contributed by atoms with E-state index >= 15 is 0 Å². The molecule has 4 nitrogen and oxygen atoms in total. The fraction of sp³-hybridized carbons (Fsp3) is 0.621. The number of likely N-dealkylation sites (tertiary alicyclic amines) is 1. The van der Waals surface area contributed by atoms with Crippen molar-refractivity contribution in [2.45, 2.75) is 76.4 Å². The lowest BCUT2D eigenvalue weighted by Gasteiger charge is -2.44. The number of halogens is 6. The van der Waals surface area contributed by atoms with Crippen molar-refractivity contribution in [3.8, 4) is 5.75 Å². The highest BCUT2D eigenvalue weighted by molar-refractivity contribution is 5.89. The van der Waals surface area contributed by atoms with E-state index in [0.717, 1.165) is 31.4 Å². The molecular weight excluding hydrogens is 524 g/mol. The summed E-state index contributed by atoms with van der Waals surface area (Å²) in [7, 11) is 0. The predicted octanol–water partition coefficient (Wildman–Crippen LogP) is 7.68. The number of fused-ring (bicyclic) bond motifs is 2. The molecule has 3 fully saturated rings. The second kappa shape index (κ2) is 10.8. The zero-order chi connectivity index (χ0) is 27.9. The van der Waals surface area contributed by atoms with E-state index in [9.17, 15) is 36.2 Å². The first kappa shape index (κ1) is 28.1. The average Bonchev–Trinajstić information content (AvgIpc) is 2.87. The SMILES string of the molecule is O=C(O)C1CCCC2CCN(Cc3ccc4c(C(F)(F)F)c(O[C@H]5CC[C@@H](C(F)(F)F)CC5)ccc4c3)CC21. The van der Waals surface area contributed by atoms with Crippen molar-refractivity contribution < 1.29 is 41.0 Å². The van der Waals surface area contributed by atoms with Crippen molar-refractivity contribution in [2.75, 3.05) is 13.1 Å². The molecule has 2 aliphatic carbocycles. The molecule has 3 aliphatic rings. The lowest BCUT2D eigenvalue weighted by atomic mass is 9.69. The van der Waals surface area contributed by atoms with Gasteiger partial charge in [0.15, 0.2) is 0 Å². The van der Waals surface area contributed by atoms with Crippen LogP contribution >= 0.6 is 0 Å². The van der Waals surface area contributed by atoms with Crippen LogP contribution in [0.5, 0.6) is 5.75 Å². The number of benzene rings is 2. The topological polar surface area (TPSA) is 49.8 Å². The maximum atomic E-state index is 14.2. The van der Waals surface area contributed by atoms with Crippen molar-refractivity contribution in [3.05, 3.63) is 41.5 Å².